The maximum atomic E-state index is 10.4. The highest BCUT2D eigenvalue weighted by molar-refractivity contribution is 5.51. The topological polar surface area (TPSA) is 65.3 Å². The Morgan fingerprint density at radius 1 is 1.32 bits per heavy atom. The molecule has 5 nitrogen and oxygen atoms in total. The Kier molecular flexibility index (Phi) is 3.54. The lowest BCUT2D eigenvalue weighted by Crippen LogP contribution is -2.46. The third-order valence-electron chi connectivity index (χ3n) is 5.35. The summed E-state index contributed by atoms with van der Waals surface area (Å²) in [5, 5.41) is 17.2. The SMILES string of the molecule is O[C@@H]1CCC[C@]12CCCN(Cc1ccc(-c3ccn[nH]3)o1)C2. The molecular formula is C17H23N3O2. The van der Waals surface area contributed by atoms with E-state index in [0.717, 1.165) is 43.3 Å². The maximum Gasteiger partial charge on any atom is 0.152 e. The lowest BCUT2D eigenvalue weighted by molar-refractivity contribution is -0.0136. The summed E-state index contributed by atoms with van der Waals surface area (Å²) < 4.78 is 5.93. The number of aromatic nitrogens is 2. The molecule has 1 saturated heterocycles. The van der Waals surface area contributed by atoms with E-state index in [0.29, 0.717) is 0 Å². The normalized spacial score (nSPS) is 29.4. The number of furan rings is 1. The van der Waals surface area contributed by atoms with Crippen LogP contribution in [-0.2, 0) is 6.54 Å². The van der Waals surface area contributed by atoms with Gasteiger partial charge < -0.3 is 9.52 Å². The molecule has 5 heteroatoms. The first kappa shape index (κ1) is 14.0. The van der Waals surface area contributed by atoms with Crippen molar-refractivity contribution in [1.29, 1.82) is 0 Å². The van der Waals surface area contributed by atoms with Crippen LogP contribution in [0.25, 0.3) is 11.5 Å². The molecule has 1 aliphatic carbocycles. The molecule has 2 N–H and O–H groups in total. The van der Waals surface area contributed by atoms with Crippen molar-refractivity contribution in [3.8, 4) is 11.5 Å². The van der Waals surface area contributed by atoms with E-state index in [1.54, 1.807) is 6.20 Å². The zero-order chi connectivity index (χ0) is 15.0. The molecule has 2 aliphatic rings. The number of nitrogens with zero attached hydrogens (tertiary/aromatic N) is 2. The molecular weight excluding hydrogens is 278 g/mol. The summed E-state index contributed by atoms with van der Waals surface area (Å²) in [5.41, 5.74) is 1.05. The molecule has 2 aromatic heterocycles. The van der Waals surface area contributed by atoms with Gasteiger partial charge in [-0.05, 0) is 50.4 Å². The zero-order valence-corrected chi connectivity index (χ0v) is 12.8. The molecule has 0 aromatic carbocycles. The van der Waals surface area contributed by atoms with Crippen molar-refractivity contribution < 1.29 is 9.52 Å². The molecule has 118 valence electrons. The van der Waals surface area contributed by atoms with Crippen molar-refractivity contribution in [2.24, 2.45) is 5.41 Å². The number of aromatic amines is 1. The standard InChI is InChI=1S/C17H23N3O2/c21-16-3-1-7-17(16)8-2-10-20(12-17)11-13-4-5-15(22-13)14-6-9-18-19-14/h4-6,9,16,21H,1-3,7-8,10-12H2,(H,18,19)/t16-,17-/m1/s1. The Labute approximate surface area is 130 Å². The molecule has 2 atom stereocenters. The first-order valence-corrected chi connectivity index (χ1v) is 8.24. The number of aliphatic hydroxyl groups excluding tert-OH is 1. The van der Waals surface area contributed by atoms with Crippen LogP contribution in [0.5, 0.6) is 0 Å². The van der Waals surface area contributed by atoms with Crippen LogP contribution in [-0.4, -0.2) is 39.4 Å². The van der Waals surface area contributed by atoms with E-state index in [1.807, 2.05) is 18.2 Å². The van der Waals surface area contributed by atoms with Crippen molar-refractivity contribution in [2.45, 2.75) is 44.8 Å². The Morgan fingerprint density at radius 3 is 3.00 bits per heavy atom. The number of aliphatic hydroxyl groups is 1. The van der Waals surface area contributed by atoms with Crippen molar-refractivity contribution in [2.75, 3.05) is 13.1 Å². The van der Waals surface area contributed by atoms with Gasteiger partial charge in [-0.3, -0.25) is 10.00 Å². The van der Waals surface area contributed by atoms with E-state index >= 15 is 0 Å². The van der Waals surface area contributed by atoms with Crippen LogP contribution >= 0.6 is 0 Å². The summed E-state index contributed by atoms with van der Waals surface area (Å²) >= 11 is 0. The highest BCUT2D eigenvalue weighted by Crippen LogP contribution is 2.45. The van der Waals surface area contributed by atoms with Crippen LogP contribution in [0.1, 0.15) is 37.9 Å². The summed E-state index contributed by atoms with van der Waals surface area (Å²) in [7, 11) is 0. The van der Waals surface area contributed by atoms with Gasteiger partial charge in [0, 0.05) is 18.2 Å². The number of nitrogens with one attached hydrogen (secondary N) is 1. The molecule has 2 aromatic rings. The van der Waals surface area contributed by atoms with Gasteiger partial charge in [0.15, 0.2) is 5.76 Å². The lowest BCUT2D eigenvalue weighted by Gasteiger charge is -2.42. The van der Waals surface area contributed by atoms with E-state index in [-0.39, 0.29) is 11.5 Å². The van der Waals surface area contributed by atoms with Gasteiger partial charge in [0.1, 0.15) is 11.5 Å². The molecule has 3 heterocycles. The van der Waals surface area contributed by atoms with E-state index in [2.05, 4.69) is 15.1 Å². The minimum atomic E-state index is -0.118. The number of likely N-dealkylation sites (tertiary alicyclic amines) is 1. The zero-order valence-electron chi connectivity index (χ0n) is 12.8. The molecule has 1 spiro atoms. The number of hydrogen-bond acceptors (Lipinski definition) is 4. The van der Waals surface area contributed by atoms with Crippen LogP contribution in [0.2, 0.25) is 0 Å². The molecule has 22 heavy (non-hydrogen) atoms. The number of H-pyrrole nitrogens is 1. The molecule has 2 fully saturated rings. The Balaban J connectivity index is 1.45. The third-order valence-corrected chi connectivity index (χ3v) is 5.35. The average molecular weight is 301 g/mol. The number of piperidine rings is 1. The van der Waals surface area contributed by atoms with E-state index < -0.39 is 0 Å². The lowest BCUT2D eigenvalue weighted by atomic mass is 9.76. The van der Waals surface area contributed by atoms with E-state index in [4.69, 9.17) is 4.42 Å². The maximum absolute atomic E-state index is 10.4. The van der Waals surface area contributed by atoms with Crippen LogP contribution in [0.15, 0.2) is 28.8 Å². The van der Waals surface area contributed by atoms with Gasteiger partial charge in [0.25, 0.3) is 0 Å². The van der Waals surface area contributed by atoms with Gasteiger partial charge in [-0.2, -0.15) is 5.10 Å². The van der Waals surface area contributed by atoms with E-state index in [1.165, 1.54) is 25.7 Å². The second-order valence-corrected chi connectivity index (χ2v) is 6.82. The predicted octanol–water partition coefficient (Wildman–Crippen LogP) is 2.80. The second-order valence-electron chi connectivity index (χ2n) is 6.82. The van der Waals surface area contributed by atoms with Crippen molar-refractivity contribution in [1.82, 2.24) is 15.1 Å². The molecule has 1 aliphatic heterocycles. The largest absolute Gasteiger partial charge is 0.458 e. The van der Waals surface area contributed by atoms with Gasteiger partial charge >= 0.3 is 0 Å². The molecule has 0 bridgehead atoms. The van der Waals surface area contributed by atoms with Crippen LogP contribution < -0.4 is 0 Å². The summed E-state index contributed by atoms with van der Waals surface area (Å²) in [5.74, 6) is 1.81. The summed E-state index contributed by atoms with van der Waals surface area (Å²) in [6.45, 7) is 2.91. The molecule has 4 rings (SSSR count). The summed E-state index contributed by atoms with van der Waals surface area (Å²) in [4.78, 5) is 2.44. The molecule has 0 amide bonds. The highest BCUT2D eigenvalue weighted by atomic mass is 16.3. The minimum absolute atomic E-state index is 0.118. The highest BCUT2D eigenvalue weighted by Gasteiger charge is 2.44. The van der Waals surface area contributed by atoms with Crippen LogP contribution in [0.4, 0.5) is 0 Å². The molecule has 0 radical (unpaired) electrons. The minimum Gasteiger partial charge on any atom is -0.458 e. The number of rotatable bonds is 3. The smallest absolute Gasteiger partial charge is 0.152 e. The van der Waals surface area contributed by atoms with E-state index in [9.17, 15) is 5.11 Å². The monoisotopic (exact) mass is 301 g/mol. The van der Waals surface area contributed by atoms with Crippen LogP contribution in [0.3, 0.4) is 0 Å². The first-order chi connectivity index (χ1) is 10.8. The molecule has 1 saturated carbocycles. The third kappa shape index (κ3) is 2.48. The summed E-state index contributed by atoms with van der Waals surface area (Å²) in [6, 6.07) is 5.95. The van der Waals surface area contributed by atoms with Crippen LogP contribution in [0, 0.1) is 5.41 Å². The van der Waals surface area contributed by atoms with Crippen molar-refractivity contribution in [3.05, 3.63) is 30.2 Å². The van der Waals surface area contributed by atoms with Gasteiger partial charge in [0.2, 0.25) is 0 Å². The Bertz CT molecular complexity index is 622. The van der Waals surface area contributed by atoms with Gasteiger partial charge in [-0.15, -0.1) is 0 Å². The predicted molar refractivity (Wildman–Crippen MR) is 83.1 cm³/mol. The van der Waals surface area contributed by atoms with Gasteiger partial charge in [-0.25, -0.2) is 0 Å². The fourth-order valence-electron chi connectivity index (χ4n) is 4.21. The van der Waals surface area contributed by atoms with Gasteiger partial charge in [-0.1, -0.05) is 6.42 Å². The van der Waals surface area contributed by atoms with Gasteiger partial charge in [0.05, 0.1) is 12.6 Å². The fraction of sp³-hybridized carbons (Fsp3) is 0.588. The first-order valence-electron chi connectivity index (χ1n) is 8.24. The quantitative estimate of drug-likeness (QED) is 0.915. The van der Waals surface area contributed by atoms with Crippen molar-refractivity contribution in [3.63, 3.8) is 0 Å². The Hall–Kier alpha value is -1.59. The second kappa shape index (κ2) is 5.56. The Morgan fingerprint density at radius 2 is 2.23 bits per heavy atom. The summed E-state index contributed by atoms with van der Waals surface area (Å²) in [6.07, 6.45) is 7.26. The molecule has 0 unspecified atom stereocenters. The van der Waals surface area contributed by atoms with Crippen molar-refractivity contribution >= 4 is 0 Å². The average Bonchev–Trinajstić information content (AvgIpc) is 3.22. The fourth-order valence-corrected chi connectivity index (χ4v) is 4.21. The number of hydrogen-bond donors (Lipinski definition) is 2.